The predicted octanol–water partition coefficient (Wildman–Crippen LogP) is 16.4. The number of nitrogens with one attached hydrogen (secondary N) is 4. The van der Waals surface area contributed by atoms with Gasteiger partial charge in [0.05, 0.1) is 76.1 Å². The quantitative estimate of drug-likeness (QED) is 0.0182. The first-order valence-electron chi connectivity index (χ1n) is 41.3. The molecular weight excluding hydrogens is 1600 g/mol. The van der Waals surface area contributed by atoms with Crippen molar-refractivity contribution in [2.45, 2.75) is 180 Å². The number of rotatable bonds is 22. The van der Waals surface area contributed by atoms with E-state index in [-0.39, 0.29) is 65.6 Å². The Kier molecular flexibility index (Phi) is 25.0. The number of ether oxygens (including phenoxy) is 2. The number of hydrazone groups is 1. The molecule has 4 atom stereocenters. The Hall–Kier alpha value is -12.0. The number of oxazole rings is 2. The molecule has 0 unspecified atom stereocenters. The van der Waals surface area contributed by atoms with Crippen LogP contribution in [-0.4, -0.2) is 134 Å². The first-order chi connectivity index (χ1) is 58.7. The third-order valence-electron chi connectivity index (χ3n) is 24.0. The number of halogens is 2. The number of fused-ring (bicyclic) bond motifs is 2. The number of piperidine rings is 2. The standard InChI is InChI=1S/C91H94Cl2N20O6S2/c1-51-54(4)120-91-83(51)85(61-15-11-57(12-16-61)39-59-9-7-36-110(49-59)79-33-31-74(106-108-79)88(114)101-65-21-27-67(28-22-65)117-69-25-19-63(46-94)72(92)41-69)104-77(87(97)113(91)55(5)96)45-82-100-48-71(119-82)43-78-52(2)84-86(103-76(44-81-99-35-38-116-81)53(3)112(56(6)105-98)90(84)121-78)62-17-13-58(14-18-62)40-60-10-8-37-111(50-60)80-34-32-75(107-109-80)89(115)102-66-23-29-68(30-24-66)118-70-26-20-64(47-95)73(93)42-70/h11-20,25-26,31-35,38,41-42,48,59-60,65-68,76-77,96-97H,3,7-10,21-24,27-30,36-37,39-40,43-45,49-50,98H2,1-2,4-6H3,(H,101,114)(H,102,115)/b96-55?,97-87?,105-56-/t59-,60+,65?,66?,67?,68?,76+,77+/m1/s1. The van der Waals surface area contributed by atoms with E-state index in [9.17, 15) is 25.5 Å². The van der Waals surface area contributed by atoms with Crippen LogP contribution in [0.25, 0.3) is 0 Å². The van der Waals surface area contributed by atoms with Crippen LogP contribution in [-0.2, 0) is 32.1 Å². The van der Waals surface area contributed by atoms with Crippen molar-refractivity contribution in [2.24, 2.45) is 32.8 Å². The van der Waals surface area contributed by atoms with E-state index in [0.717, 1.165) is 192 Å². The number of nitrogens with zero attached hydrogens (tertiary/aromatic N) is 15. The van der Waals surface area contributed by atoms with Gasteiger partial charge in [-0.1, -0.05) is 78.3 Å². The number of carbonyl (C=O) groups is 2. The summed E-state index contributed by atoms with van der Waals surface area (Å²) in [6, 6.07) is 37.7. The van der Waals surface area contributed by atoms with Gasteiger partial charge in [0.25, 0.3) is 11.8 Å². The second kappa shape index (κ2) is 36.6. The highest BCUT2D eigenvalue weighted by atomic mass is 35.5. The van der Waals surface area contributed by atoms with E-state index in [1.807, 2.05) is 24.0 Å². The third-order valence-corrected chi connectivity index (χ3v) is 27.1. The summed E-state index contributed by atoms with van der Waals surface area (Å²) >= 11 is 15.6. The highest BCUT2D eigenvalue weighted by Gasteiger charge is 2.39. The maximum Gasteiger partial charge on any atom is 0.272 e. The van der Waals surface area contributed by atoms with E-state index in [2.05, 4.69) is 139 Å². The van der Waals surface area contributed by atoms with E-state index in [4.69, 9.17) is 67.7 Å². The monoisotopic (exact) mass is 1700 g/mol. The molecule has 6 aliphatic rings. The molecule has 4 aliphatic heterocycles. The summed E-state index contributed by atoms with van der Waals surface area (Å²) in [7, 11) is 0. The van der Waals surface area contributed by atoms with Crippen LogP contribution in [0.15, 0.2) is 164 Å². The Morgan fingerprint density at radius 1 is 0.636 bits per heavy atom. The summed E-state index contributed by atoms with van der Waals surface area (Å²) in [5, 5.41) is 68.5. The highest BCUT2D eigenvalue weighted by molar-refractivity contribution is 7.17. The summed E-state index contributed by atoms with van der Waals surface area (Å²) in [6.45, 7) is 17.8. The third kappa shape index (κ3) is 18.5. The van der Waals surface area contributed by atoms with Crippen molar-refractivity contribution < 1.29 is 27.9 Å². The first kappa shape index (κ1) is 82.7. The lowest BCUT2D eigenvalue weighted by molar-refractivity contribution is 0.0882. The zero-order valence-corrected chi connectivity index (χ0v) is 71.3. The normalized spacial score (nSPS) is 20.7. The molecule has 30 heteroatoms. The van der Waals surface area contributed by atoms with Crippen LogP contribution in [0.2, 0.25) is 10.0 Å². The molecule has 16 rings (SSSR count). The molecule has 0 radical (unpaired) electrons. The summed E-state index contributed by atoms with van der Waals surface area (Å²) in [5.41, 5.74) is 11.6. The van der Waals surface area contributed by atoms with Gasteiger partial charge in [0.2, 0.25) is 0 Å². The SMILES string of the molecule is C=C1[C@H](Cc2ncco2)N=C(c2ccc(C[C@@H]3CCCN(c4ccc(C(=O)NC5CCC(Oc6ccc(C#N)c(Cl)c6)CC5)nn4)C3)cc2)c2c(sc(Cc3cnc(C[C@@H]4N=C(c5ccc(C[C@H]6CCCN(c7ccc(C(=O)NC8CCC(Oc9ccc(C#N)c(Cl)c9)CC8)nn7)C6)cc5)c5c(sc(C)c5C)N(C(C)=N)C4=N)o3)c2C)N1/C(C)=N\N. The fourth-order valence-corrected chi connectivity index (χ4v) is 20.5. The van der Waals surface area contributed by atoms with Gasteiger partial charge in [0.15, 0.2) is 34.8 Å². The van der Waals surface area contributed by atoms with Crippen molar-refractivity contribution in [3.05, 3.63) is 244 Å². The lowest BCUT2D eigenvalue weighted by atomic mass is 9.90. The van der Waals surface area contributed by atoms with Crippen molar-refractivity contribution in [2.75, 3.05) is 45.8 Å². The smallest absolute Gasteiger partial charge is 0.272 e. The second-order valence-electron chi connectivity index (χ2n) is 32.2. The van der Waals surface area contributed by atoms with E-state index in [1.165, 1.54) is 11.1 Å². The average Bonchev–Trinajstić information content (AvgIpc) is 1.59. The van der Waals surface area contributed by atoms with Gasteiger partial charge < -0.3 is 44.6 Å². The number of anilines is 4. The summed E-state index contributed by atoms with van der Waals surface area (Å²) < 4.78 is 24.9. The van der Waals surface area contributed by atoms with Crippen LogP contribution < -0.4 is 45.5 Å². The summed E-state index contributed by atoms with van der Waals surface area (Å²) in [5.74, 6) is 11.6. The van der Waals surface area contributed by atoms with Gasteiger partial charge in [-0.25, -0.2) is 9.97 Å². The van der Waals surface area contributed by atoms with Crippen LogP contribution in [0, 0.1) is 66.1 Å². The molecule has 2 aliphatic carbocycles. The van der Waals surface area contributed by atoms with E-state index in [0.29, 0.717) is 86.4 Å². The number of aliphatic imine (C=N–C) groups is 2. The van der Waals surface area contributed by atoms with Crippen LogP contribution in [0.4, 0.5) is 21.6 Å². The zero-order chi connectivity index (χ0) is 84.1. The molecule has 26 nitrogen and oxygen atoms in total. The molecule has 6 N–H and O–H groups in total. The van der Waals surface area contributed by atoms with Gasteiger partial charge >= 0.3 is 0 Å². The number of thiophene rings is 2. The Balaban J connectivity index is 0.577. The molecule has 10 heterocycles. The number of amides is 2. The molecule has 2 saturated carbocycles. The van der Waals surface area contributed by atoms with Gasteiger partial charge in [-0.15, -0.1) is 43.1 Å². The molecule has 6 aromatic heterocycles. The summed E-state index contributed by atoms with van der Waals surface area (Å²) in [4.78, 5) is 57.7. The van der Waals surface area contributed by atoms with Crippen LogP contribution in [0.1, 0.15) is 195 Å². The maximum atomic E-state index is 13.5. The molecule has 10 aromatic rings. The average molecular weight is 1700 g/mol. The number of carbonyl (C=O) groups excluding carboxylic acids is 2. The number of nitriles is 2. The molecule has 2 amide bonds. The van der Waals surface area contributed by atoms with Crippen molar-refractivity contribution in [1.82, 2.24) is 41.0 Å². The van der Waals surface area contributed by atoms with Crippen molar-refractivity contribution in [3.63, 3.8) is 0 Å². The first-order valence-corrected chi connectivity index (χ1v) is 43.6. The van der Waals surface area contributed by atoms with Crippen LogP contribution in [0.3, 0.4) is 0 Å². The molecule has 121 heavy (non-hydrogen) atoms. The van der Waals surface area contributed by atoms with Crippen LogP contribution in [0.5, 0.6) is 11.5 Å². The minimum absolute atomic E-state index is 0.0122. The molecule has 620 valence electrons. The summed E-state index contributed by atoms with van der Waals surface area (Å²) in [6.07, 6.45) is 17.6. The number of amidine groups is 3. The molecule has 0 spiro atoms. The fraction of sp³-hybridized carbons (Fsp3) is 0.374. The van der Waals surface area contributed by atoms with Gasteiger partial charge in [0, 0.05) is 94.5 Å². The highest BCUT2D eigenvalue weighted by Crippen LogP contribution is 2.46. The molecular formula is C91H94Cl2N20O6S2. The van der Waals surface area contributed by atoms with E-state index in [1.54, 1.807) is 102 Å². The molecule has 0 bridgehead atoms. The maximum absolute atomic E-state index is 13.5. The Morgan fingerprint density at radius 3 is 1.63 bits per heavy atom. The molecule has 4 fully saturated rings. The van der Waals surface area contributed by atoms with Crippen molar-refractivity contribution in [3.8, 4) is 23.6 Å². The largest absolute Gasteiger partial charge is 0.490 e. The number of hydrogen-bond donors (Lipinski definition) is 5. The number of hydrogen-bond acceptors (Lipinski definition) is 24. The molecule has 4 aromatic carbocycles. The lowest BCUT2D eigenvalue weighted by Gasteiger charge is -2.33. The van der Waals surface area contributed by atoms with Crippen LogP contribution >= 0.6 is 45.9 Å². The number of benzene rings is 4. The Morgan fingerprint density at radius 2 is 1.15 bits per heavy atom. The number of aromatic nitrogens is 6. The molecule has 2 saturated heterocycles. The Labute approximate surface area is 720 Å². The Bertz CT molecular complexity index is 5720. The van der Waals surface area contributed by atoms with Gasteiger partial charge in [-0.05, 0) is 207 Å². The lowest BCUT2D eigenvalue weighted by Crippen LogP contribution is -2.40. The second-order valence-corrected chi connectivity index (χ2v) is 35.3. The minimum atomic E-state index is -0.768. The van der Waals surface area contributed by atoms with Gasteiger partial charge in [-0.3, -0.25) is 40.2 Å². The predicted molar refractivity (Wildman–Crippen MR) is 472 cm³/mol. The zero-order valence-electron chi connectivity index (χ0n) is 68.1. The van der Waals surface area contributed by atoms with E-state index >= 15 is 0 Å². The topological polar surface area (TPSA) is 352 Å². The number of aryl methyl sites for hydroxylation is 1. The van der Waals surface area contributed by atoms with Gasteiger partial charge in [0.1, 0.15) is 69.2 Å². The van der Waals surface area contributed by atoms with Gasteiger partial charge in [-0.2, -0.15) is 15.6 Å². The van der Waals surface area contributed by atoms with Crippen molar-refractivity contribution in [1.29, 1.82) is 21.3 Å². The fourth-order valence-electron chi connectivity index (χ4n) is 17.4. The van der Waals surface area contributed by atoms with E-state index < -0.39 is 12.1 Å². The minimum Gasteiger partial charge on any atom is -0.490 e. The number of nitrogens with two attached hydrogens (primary N) is 1. The van der Waals surface area contributed by atoms with Crippen molar-refractivity contribution >= 4 is 108 Å².